The Bertz CT molecular complexity index is 437. The van der Waals surface area contributed by atoms with Gasteiger partial charge in [-0.1, -0.05) is 13.8 Å². The van der Waals surface area contributed by atoms with Gasteiger partial charge in [0.25, 0.3) is 0 Å². The molecule has 0 bridgehead atoms. The standard InChI is InChI=1S/C11H13N3/c1-8(2)3-9-4-10-6-13-14-7-11(10)12-5-9/h4-8H,3H2,1-2H3. The fourth-order valence-electron chi connectivity index (χ4n) is 1.52. The van der Waals surface area contributed by atoms with Crippen LogP contribution in [0.15, 0.2) is 24.7 Å². The van der Waals surface area contributed by atoms with Crippen LogP contribution in [-0.4, -0.2) is 15.2 Å². The Morgan fingerprint density at radius 1 is 1.14 bits per heavy atom. The third kappa shape index (κ3) is 1.87. The highest BCUT2D eigenvalue weighted by Crippen LogP contribution is 2.13. The molecular formula is C11H13N3. The smallest absolute Gasteiger partial charge is 0.0919 e. The lowest BCUT2D eigenvalue weighted by molar-refractivity contribution is 0.646. The molecule has 0 saturated carbocycles. The van der Waals surface area contributed by atoms with E-state index < -0.39 is 0 Å². The van der Waals surface area contributed by atoms with E-state index in [1.54, 1.807) is 12.4 Å². The second-order valence-corrected chi connectivity index (χ2v) is 3.91. The SMILES string of the molecule is CC(C)Cc1cnc2cnncc2c1. The number of rotatable bonds is 2. The van der Waals surface area contributed by atoms with E-state index >= 15 is 0 Å². The minimum atomic E-state index is 0.657. The van der Waals surface area contributed by atoms with Crippen LogP contribution in [0, 0.1) is 5.92 Å². The molecule has 0 saturated heterocycles. The van der Waals surface area contributed by atoms with Crippen molar-refractivity contribution in [2.24, 2.45) is 5.92 Å². The zero-order valence-corrected chi connectivity index (χ0v) is 8.44. The quantitative estimate of drug-likeness (QED) is 0.723. The van der Waals surface area contributed by atoms with E-state index in [4.69, 9.17) is 0 Å². The Morgan fingerprint density at radius 3 is 2.71 bits per heavy atom. The number of hydrogen-bond donors (Lipinski definition) is 0. The van der Waals surface area contributed by atoms with E-state index in [1.807, 2.05) is 6.20 Å². The summed E-state index contributed by atoms with van der Waals surface area (Å²) in [5.74, 6) is 0.657. The van der Waals surface area contributed by atoms with E-state index in [0.29, 0.717) is 5.92 Å². The van der Waals surface area contributed by atoms with Crippen molar-refractivity contribution in [3.8, 4) is 0 Å². The topological polar surface area (TPSA) is 38.7 Å². The monoisotopic (exact) mass is 187 g/mol. The Hall–Kier alpha value is -1.51. The number of fused-ring (bicyclic) bond motifs is 1. The zero-order valence-electron chi connectivity index (χ0n) is 8.44. The van der Waals surface area contributed by atoms with Crippen LogP contribution in [0.25, 0.3) is 10.9 Å². The van der Waals surface area contributed by atoms with E-state index in [0.717, 1.165) is 17.3 Å². The van der Waals surface area contributed by atoms with Crippen molar-refractivity contribution in [1.29, 1.82) is 0 Å². The number of pyridine rings is 1. The number of nitrogens with zero attached hydrogens (tertiary/aromatic N) is 3. The molecule has 0 fully saturated rings. The largest absolute Gasteiger partial charge is 0.254 e. The molecule has 0 aliphatic carbocycles. The van der Waals surface area contributed by atoms with Gasteiger partial charge in [0.15, 0.2) is 0 Å². The second-order valence-electron chi connectivity index (χ2n) is 3.91. The van der Waals surface area contributed by atoms with Crippen LogP contribution < -0.4 is 0 Å². The van der Waals surface area contributed by atoms with Gasteiger partial charge in [0.2, 0.25) is 0 Å². The maximum atomic E-state index is 4.33. The third-order valence-corrected chi connectivity index (χ3v) is 2.09. The summed E-state index contributed by atoms with van der Waals surface area (Å²) in [6.45, 7) is 4.41. The summed E-state index contributed by atoms with van der Waals surface area (Å²) in [4.78, 5) is 4.33. The normalized spacial score (nSPS) is 11.1. The molecule has 0 unspecified atom stereocenters. The highest BCUT2D eigenvalue weighted by Gasteiger charge is 2.00. The summed E-state index contributed by atoms with van der Waals surface area (Å²) in [7, 11) is 0. The van der Waals surface area contributed by atoms with Gasteiger partial charge < -0.3 is 0 Å². The first-order valence-corrected chi connectivity index (χ1v) is 4.81. The predicted octanol–water partition coefficient (Wildman–Crippen LogP) is 2.22. The first-order chi connectivity index (χ1) is 6.75. The van der Waals surface area contributed by atoms with Gasteiger partial charge in [-0.2, -0.15) is 10.2 Å². The molecule has 2 aromatic heterocycles. The molecule has 2 heterocycles. The van der Waals surface area contributed by atoms with Crippen molar-refractivity contribution < 1.29 is 0 Å². The molecule has 0 aromatic carbocycles. The molecule has 14 heavy (non-hydrogen) atoms. The average molecular weight is 187 g/mol. The maximum Gasteiger partial charge on any atom is 0.0919 e. The van der Waals surface area contributed by atoms with Gasteiger partial charge in [0, 0.05) is 11.6 Å². The number of hydrogen-bond acceptors (Lipinski definition) is 3. The molecule has 0 N–H and O–H groups in total. The van der Waals surface area contributed by atoms with Gasteiger partial charge in [-0.15, -0.1) is 0 Å². The predicted molar refractivity (Wildman–Crippen MR) is 55.9 cm³/mol. The molecule has 0 aliphatic heterocycles. The molecule has 2 aromatic rings. The summed E-state index contributed by atoms with van der Waals surface area (Å²) in [5.41, 5.74) is 2.17. The molecule has 0 radical (unpaired) electrons. The van der Waals surface area contributed by atoms with Gasteiger partial charge in [-0.25, -0.2) is 0 Å². The van der Waals surface area contributed by atoms with Crippen LogP contribution in [-0.2, 0) is 6.42 Å². The summed E-state index contributed by atoms with van der Waals surface area (Å²) < 4.78 is 0. The Kier molecular flexibility index (Phi) is 2.39. The van der Waals surface area contributed by atoms with Crippen LogP contribution in [0.1, 0.15) is 19.4 Å². The van der Waals surface area contributed by atoms with E-state index in [1.165, 1.54) is 5.56 Å². The van der Waals surface area contributed by atoms with Crippen LogP contribution in [0.4, 0.5) is 0 Å². The van der Waals surface area contributed by atoms with Crippen LogP contribution in [0.5, 0.6) is 0 Å². The van der Waals surface area contributed by atoms with Crippen molar-refractivity contribution in [1.82, 2.24) is 15.2 Å². The van der Waals surface area contributed by atoms with Crippen molar-refractivity contribution in [2.75, 3.05) is 0 Å². The highest BCUT2D eigenvalue weighted by atomic mass is 15.1. The molecule has 0 atom stereocenters. The van der Waals surface area contributed by atoms with Gasteiger partial charge >= 0.3 is 0 Å². The van der Waals surface area contributed by atoms with E-state index in [2.05, 4.69) is 35.1 Å². The molecule has 3 heteroatoms. The Balaban J connectivity index is 2.41. The summed E-state index contributed by atoms with van der Waals surface area (Å²) >= 11 is 0. The van der Waals surface area contributed by atoms with Gasteiger partial charge in [-0.3, -0.25) is 4.98 Å². The van der Waals surface area contributed by atoms with Crippen molar-refractivity contribution >= 4 is 10.9 Å². The summed E-state index contributed by atoms with van der Waals surface area (Å²) in [6.07, 6.45) is 6.43. The minimum Gasteiger partial charge on any atom is -0.254 e. The molecule has 2 rings (SSSR count). The lowest BCUT2D eigenvalue weighted by Crippen LogP contribution is -1.95. The molecule has 0 aliphatic rings. The highest BCUT2D eigenvalue weighted by molar-refractivity contribution is 5.76. The second kappa shape index (κ2) is 3.70. The first kappa shape index (κ1) is 9.06. The Labute approximate surface area is 83.2 Å². The molecule has 3 nitrogen and oxygen atoms in total. The van der Waals surface area contributed by atoms with Crippen LogP contribution in [0.2, 0.25) is 0 Å². The van der Waals surface area contributed by atoms with E-state index in [-0.39, 0.29) is 0 Å². The van der Waals surface area contributed by atoms with Gasteiger partial charge in [0.05, 0.1) is 17.9 Å². The first-order valence-electron chi connectivity index (χ1n) is 4.81. The minimum absolute atomic E-state index is 0.657. The lowest BCUT2D eigenvalue weighted by Gasteiger charge is -2.04. The van der Waals surface area contributed by atoms with Crippen molar-refractivity contribution in [2.45, 2.75) is 20.3 Å². The molecular weight excluding hydrogens is 174 g/mol. The lowest BCUT2D eigenvalue weighted by atomic mass is 10.0. The fourth-order valence-corrected chi connectivity index (χ4v) is 1.52. The Morgan fingerprint density at radius 2 is 1.93 bits per heavy atom. The van der Waals surface area contributed by atoms with Gasteiger partial charge in [-0.05, 0) is 24.0 Å². The average Bonchev–Trinajstić information content (AvgIpc) is 2.17. The fraction of sp³-hybridized carbons (Fsp3) is 0.364. The van der Waals surface area contributed by atoms with Crippen molar-refractivity contribution in [3.05, 3.63) is 30.2 Å². The van der Waals surface area contributed by atoms with Gasteiger partial charge in [0.1, 0.15) is 0 Å². The van der Waals surface area contributed by atoms with Crippen LogP contribution >= 0.6 is 0 Å². The molecule has 72 valence electrons. The number of aromatic nitrogens is 3. The molecule has 0 spiro atoms. The summed E-state index contributed by atoms with van der Waals surface area (Å²) in [6, 6.07) is 2.14. The summed E-state index contributed by atoms with van der Waals surface area (Å²) in [5, 5.41) is 8.70. The third-order valence-electron chi connectivity index (χ3n) is 2.09. The van der Waals surface area contributed by atoms with E-state index in [9.17, 15) is 0 Å². The van der Waals surface area contributed by atoms with Crippen molar-refractivity contribution in [3.63, 3.8) is 0 Å². The molecule has 0 amide bonds. The zero-order chi connectivity index (χ0) is 9.97. The maximum absolute atomic E-state index is 4.33. The van der Waals surface area contributed by atoms with Crippen LogP contribution in [0.3, 0.4) is 0 Å².